The number of carbonyl (C=O) groups is 2. The molecule has 0 saturated carbocycles. The topological polar surface area (TPSA) is 46.2 Å². The summed E-state index contributed by atoms with van der Waals surface area (Å²) >= 11 is 0. The Morgan fingerprint density at radius 1 is 1.06 bits per heavy atom. The highest BCUT2D eigenvalue weighted by molar-refractivity contribution is 6.35. The fraction of sp³-hybridized carbons (Fsp3) is 0.143. The summed E-state index contributed by atoms with van der Waals surface area (Å²) in [5.41, 5.74) is 0.985. The van der Waals surface area contributed by atoms with Crippen molar-refractivity contribution in [2.45, 2.75) is 13.5 Å². The molecule has 0 radical (unpaired) electrons. The number of rotatable bonds is 3. The van der Waals surface area contributed by atoms with Crippen LogP contribution in [0.25, 0.3) is 10.8 Å². The van der Waals surface area contributed by atoms with Crippen LogP contribution in [-0.2, 0) is 16.1 Å². The van der Waals surface area contributed by atoms with Gasteiger partial charge in [0.1, 0.15) is 0 Å². The van der Waals surface area contributed by atoms with Crippen molar-refractivity contribution < 1.29 is 9.59 Å². The highest BCUT2D eigenvalue weighted by atomic mass is 16.2. The van der Waals surface area contributed by atoms with Crippen molar-refractivity contribution in [2.75, 3.05) is 0 Å². The van der Waals surface area contributed by atoms with Gasteiger partial charge in [0, 0.05) is 13.5 Å². The van der Waals surface area contributed by atoms with Crippen LogP contribution < -0.4 is 5.32 Å². The zero-order chi connectivity index (χ0) is 12.3. The van der Waals surface area contributed by atoms with E-state index >= 15 is 0 Å². The first kappa shape index (κ1) is 11.3. The van der Waals surface area contributed by atoms with Crippen molar-refractivity contribution in [3.8, 4) is 0 Å². The minimum absolute atomic E-state index is 0.378. The lowest BCUT2D eigenvalue weighted by atomic mass is 10.1. The molecule has 1 N–H and O–H groups in total. The first-order chi connectivity index (χ1) is 8.16. The Morgan fingerprint density at radius 3 is 2.47 bits per heavy atom. The van der Waals surface area contributed by atoms with E-state index in [4.69, 9.17) is 0 Å². The van der Waals surface area contributed by atoms with Crippen LogP contribution in [0.15, 0.2) is 42.5 Å². The van der Waals surface area contributed by atoms with Crippen LogP contribution in [0.1, 0.15) is 12.5 Å². The average molecular weight is 227 g/mol. The van der Waals surface area contributed by atoms with Gasteiger partial charge in [0.05, 0.1) is 0 Å². The summed E-state index contributed by atoms with van der Waals surface area (Å²) < 4.78 is 0. The summed E-state index contributed by atoms with van der Waals surface area (Å²) in [6, 6.07) is 14.0. The van der Waals surface area contributed by atoms with Gasteiger partial charge in [-0.05, 0) is 22.4 Å². The van der Waals surface area contributed by atoms with Crippen LogP contribution in [0, 0.1) is 0 Å². The first-order valence-electron chi connectivity index (χ1n) is 5.43. The van der Waals surface area contributed by atoms with E-state index in [9.17, 15) is 9.59 Å². The Balaban J connectivity index is 2.14. The quantitative estimate of drug-likeness (QED) is 0.816. The smallest absolute Gasteiger partial charge is 0.287 e. The molecule has 0 aliphatic heterocycles. The highest BCUT2D eigenvalue weighted by Gasteiger charge is 2.06. The lowest BCUT2D eigenvalue weighted by Crippen LogP contribution is -2.28. The minimum Gasteiger partial charge on any atom is -0.345 e. The van der Waals surface area contributed by atoms with Gasteiger partial charge in [0.25, 0.3) is 5.91 Å². The molecule has 2 aromatic carbocycles. The molecule has 3 nitrogen and oxygen atoms in total. The molecule has 0 heterocycles. The zero-order valence-electron chi connectivity index (χ0n) is 9.57. The fourth-order valence-corrected chi connectivity index (χ4v) is 1.66. The molecule has 0 fully saturated rings. The molecule has 0 aliphatic carbocycles. The molecular formula is C14H13NO2. The van der Waals surface area contributed by atoms with E-state index < -0.39 is 11.7 Å². The number of nitrogens with one attached hydrogen (secondary N) is 1. The normalized spacial score (nSPS) is 10.2. The molecule has 0 aromatic heterocycles. The van der Waals surface area contributed by atoms with Crippen molar-refractivity contribution in [1.82, 2.24) is 5.32 Å². The van der Waals surface area contributed by atoms with Gasteiger partial charge in [0.15, 0.2) is 0 Å². The molecule has 2 aromatic rings. The first-order valence-corrected chi connectivity index (χ1v) is 5.43. The number of amides is 1. The van der Waals surface area contributed by atoms with E-state index in [1.54, 1.807) is 0 Å². The van der Waals surface area contributed by atoms with E-state index in [0.717, 1.165) is 16.3 Å². The zero-order valence-corrected chi connectivity index (χ0v) is 9.57. The third-order valence-corrected chi connectivity index (χ3v) is 2.59. The lowest BCUT2D eigenvalue weighted by Gasteiger charge is -2.04. The monoisotopic (exact) mass is 227 g/mol. The molecule has 0 saturated heterocycles. The van der Waals surface area contributed by atoms with Crippen molar-refractivity contribution in [2.24, 2.45) is 0 Å². The summed E-state index contributed by atoms with van der Waals surface area (Å²) in [5.74, 6) is -1.01. The second kappa shape index (κ2) is 4.78. The molecule has 86 valence electrons. The van der Waals surface area contributed by atoms with Gasteiger partial charge in [-0.3, -0.25) is 9.59 Å². The van der Waals surface area contributed by atoms with Gasteiger partial charge < -0.3 is 5.32 Å². The van der Waals surface area contributed by atoms with E-state index in [2.05, 4.69) is 5.32 Å². The average Bonchev–Trinajstić information content (AvgIpc) is 2.35. The van der Waals surface area contributed by atoms with Crippen molar-refractivity contribution in [3.63, 3.8) is 0 Å². The second-order valence-electron chi connectivity index (χ2n) is 3.92. The van der Waals surface area contributed by atoms with Gasteiger partial charge in [-0.25, -0.2) is 0 Å². The molecular weight excluding hydrogens is 214 g/mol. The Hall–Kier alpha value is -2.16. The van der Waals surface area contributed by atoms with Crippen LogP contribution in [0.4, 0.5) is 0 Å². The maximum atomic E-state index is 11.1. The van der Waals surface area contributed by atoms with Crippen LogP contribution in [0.2, 0.25) is 0 Å². The maximum Gasteiger partial charge on any atom is 0.287 e. The number of fused-ring (bicyclic) bond motifs is 1. The standard InChI is InChI=1S/C14H13NO2/c1-10(16)14(17)15-9-11-6-7-12-4-2-3-5-13(12)8-11/h2-8H,9H2,1H3,(H,15,17). The van der Waals surface area contributed by atoms with Gasteiger partial charge in [-0.15, -0.1) is 0 Å². The third-order valence-electron chi connectivity index (χ3n) is 2.59. The Morgan fingerprint density at radius 2 is 1.76 bits per heavy atom. The molecule has 0 spiro atoms. The molecule has 0 atom stereocenters. The highest BCUT2D eigenvalue weighted by Crippen LogP contribution is 2.15. The summed E-state index contributed by atoms with van der Waals surface area (Å²) in [6.07, 6.45) is 0. The van der Waals surface area contributed by atoms with Crippen LogP contribution in [0.3, 0.4) is 0 Å². The molecule has 0 unspecified atom stereocenters. The molecule has 2 rings (SSSR count). The van der Waals surface area contributed by atoms with Crippen LogP contribution >= 0.6 is 0 Å². The van der Waals surface area contributed by atoms with Crippen molar-refractivity contribution in [1.29, 1.82) is 0 Å². The van der Waals surface area contributed by atoms with Gasteiger partial charge in [-0.1, -0.05) is 36.4 Å². The molecule has 0 bridgehead atoms. The summed E-state index contributed by atoms with van der Waals surface area (Å²) in [6.45, 7) is 1.64. The number of ketones is 1. The number of Topliss-reactive ketones (excluding diaryl/α,β-unsaturated/α-hetero) is 1. The predicted molar refractivity (Wildman–Crippen MR) is 66.5 cm³/mol. The number of benzene rings is 2. The van der Waals surface area contributed by atoms with Gasteiger partial charge in [0.2, 0.25) is 5.78 Å². The van der Waals surface area contributed by atoms with E-state index in [1.165, 1.54) is 6.92 Å². The van der Waals surface area contributed by atoms with E-state index in [1.807, 2.05) is 42.5 Å². The van der Waals surface area contributed by atoms with Gasteiger partial charge >= 0.3 is 0 Å². The van der Waals surface area contributed by atoms with E-state index in [0.29, 0.717) is 6.54 Å². The number of carbonyl (C=O) groups excluding carboxylic acids is 2. The van der Waals surface area contributed by atoms with E-state index in [-0.39, 0.29) is 0 Å². The molecule has 0 aliphatic rings. The Labute approximate surface area is 99.4 Å². The summed E-state index contributed by atoms with van der Waals surface area (Å²) in [4.78, 5) is 21.9. The molecule has 17 heavy (non-hydrogen) atoms. The fourth-order valence-electron chi connectivity index (χ4n) is 1.66. The molecule has 1 amide bonds. The van der Waals surface area contributed by atoms with Crippen molar-refractivity contribution in [3.05, 3.63) is 48.0 Å². The van der Waals surface area contributed by atoms with Gasteiger partial charge in [-0.2, -0.15) is 0 Å². The lowest BCUT2D eigenvalue weighted by molar-refractivity contribution is -0.136. The molecule has 3 heteroatoms. The van der Waals surface area contributed by atoms with Crippen LogP contribution in [-0.4, -0.2) is 11.7 Å². The maximum absolute atomic E-state index is 11.1. The SMILES string of the molecule is CC(=O)C(=O)NCc1ccc2ccccc2c1. The minimum atomic E-state index is -0.543. The number of hydrogen-bond acceptors (Lipinski definition) is 2. The summed E-state index contributed by atoms with van der Waals surface area (Å²) in [7, 11) is 0. The second-order valence-corrected chi connectivity index (χ2v) is 3.92. The Kier molecular flexibility index (Phi) is 3.19. The largest absolute Gasteiger partial charge is 0.345 e. The summed E-state index contributed by atoms with van der Waals surface area (Å²) in [5, 5.41) is 4.86. The van der Waals surface area contributed by atoms with Crippen molar-refractivity contribution >= 4 is 22.5 Å². The Bertz CT molecular complexity index is 575. The number of hydrogen-bond donors (Lipinski definition) is 1. The predicted octanol–water partition coefficient (Wildman–Crippen LogP) is 2.04. The van der Waals surface area contributed by atoms with Crippen LogP contribution in [0.5, 0.6) is 0 Å². The third kappa shape index (κ3) is 2.69.